The Morgan fingerprint density at radius 3 is 2.67 bits per heavy atom. The third-order valence-corrected chi connectivity index (χ3v) is 4.51. The second-order valence-electron chi connectivity index (χ2n) is 4.01. The summed E-state index contributed by atoms with van der Waals surface area (Å²) in [5.74, 6) is -0.0331. The van der Waals surface area contributed by atoms with Crippen molar-refractivity contribution in [3.8, 4) is 0 Å². The van der Waals surface area contributed by atoms with Crippen LogP contribution in [0.4, 0.5) is 0 Å². The van der Waals surface area contributed by atoms with Gasteiger partial charge in [-0.2, -0.15) is 0 Å². The van der Waals surface area contributed by atoms with Crippen molar-refractivity contribution in [3.63, 3.8) is 0 Å². The van der Waals surface area contributed by atoms with E-state index < -0.39 is 15.9 Å². The minimum absolute atomic E-state index is 0.0508. The van der Waals surface area contributed by atoms with Crippen LogP contribution in [0.3, 0.4) is 0 Å². The van der Waals surface area contributed by atoms with E-state index in [1.807, 2.05) is 6.92 Å². The van der Waals surface area contributed by atoms with Gasteiger partial charge in [0.25, 0.3) is 0 Å². The highest BCUT2D eigenvalue weighted by atomic mass is 32.2. The summed E-state index contributed by atoms with van der Waals surface area (Å²) in [6.07, 6.45) is 0.578. The molecular formula is C9H18N2O3S. The Kier molecular flexibility index (Phi) is 3.72. The normalized spacial score (nSPS) is 27.4. The highest BCUT2D eigenvalue weighted by Crippen LogP contribution is 2.12. The smallest absolute Gasteiger partial charge is 0.239 e. The van der Waals surface area contributed by atoms with Gasteiger partial charge in [-0.05, 0) is 13.3 Å². The molecule has 1 heterocycles. The van der Waals surface area contributed by atoms with Crippen molar-refractivity contribution in [3.05, 3.63) is 0 Å². The monoisotopic (exact) mass is 234 g/mol. The molecule has 2 N–H and O–H groups in total. The van der Waals surface area contributed by atoms with E-state index in [1.54, 1.807) is 11.8 Å². The summed E-state index contributed by atoms with van der Waals surface area (Å²) in [5.41, 5.74) is 5.64. The molecule has 1 fully saturated rings. The second-order valence-corrected chi connectivity index (χ2v) is 6.24. The van der Waals surface area contributed by atoms with Gasteiger partial charge in [0, 0.05) is 12.6 Å². The van der Waals surface area contributed by atoms with Crippen LogP contribution in [-0.4, -0.2) is 49.4 Å². The van der Waals surface area contributed by atoms with Gasteiger partial charge in [-0.25, -0.2) is 8.42 Å². The van der Waals surface area contributed by atoms with Gasteiger partial charge in [0.1, 0.15) is 0 Å². The van der Waals surface area contributed by atoms with Crippen molar-refractivity contribution >= 4 is 15.7 Å². The lowest BCUT2D eigenvalue weighted by atomic mass is 10.2. The molecule has 6 heteroatoms. The molecule has 1 rings (SSSR count). The molecule has 1 aliphatic heterocycles. The average Bonchev–Trinajstić information content (AvgIpc) is 2.14. The predicted molar refractivity (Wildman–Crippen MR) is 58.1 cm³/mol. The molecule has 5 nitrogen and oxygen atoms in total. The fourth-order valence-electron chi connectivity index (χ4n) is 1.71. The van der Waals surface area contributed by atoms with Crippen LogP contribution < -0.4 is 5.73 Å². The largest absolute Gasteiger partial charge is 0.337 e. The summed E-state index contributed by atoms with van der Waals surface area (Å²) < 4.78 is 22.6. The number of sulfone groups is 1. The van der Waals surface area contributed by atoms with Gasteiger partial charge < -0.3 is 10.6 Å². The number of nitrogens with zero attached hydrogens (tertiary/aromatic N) is 1. The summed E-state index contributed by atoms with van der Waals surface area (Å²) in [7, 11) is -2.97. The SMILES string of the molecule is CC[C@@H](N)C(=O)N1CCS(=O)(=O)CC1C. The van der Waals surface area contributed by atoms with E-state index in [2.05, 4.69) is 0 Å². The Labute approximate surface area is 90.5 Å². The first kappa shape index (κ1) is 12.4. The zero-order valence-electron chi connectivity index (χ0n) is 9.14. The number of carbonyl (C=O) groups excluding carboxylic acids is 1. The number of hydrogen-bond acceptors (Lipinski definition) is 4. The van der Waals surface area contributed by atoms with Crippen molar-refractivity contribution in [2.45, 2.75) is 32.4 Å². The van der Waals surface area contributed by atoms with Crippen LogP contribution in [0.1, 0.15) is 20.3 Å². The van der Waals surface area contributed by atoms with Gasteiger partial charge in [0.15, 0.2) is 9.84 Å². The third-order valence-electron chi connectivity index (χ3n) is 2.71. The maximum Gasteiger partial charge on any atom is 0.239 e. The average molecular weight is 234 g/mol. The molecule has 0 aromatic carbocycles. The Hall–Kier alpha value is -0.620. The van der Waals surface area contributed by atoms with Crippen molar-refractivity contribution in [2.24, 2.45) is 5.73 Å². The molecular weight excluding hydrogens is 216 g/mol. The Balaban J connectivity index is 2.70. The van der Waals surface area contributed by atoms with Gasteiger partial charge in [-0.3, -0.25) is 4.79 Å². The van der Waals surface area contributed by atoms with Crippen LogP contribution in [0.15, 0.2) is 0 Å². The third kappa shape index (κ3) is 2.92. The van der Waals surface area contributed by atoms with Crippen LogP contribution in [-0.2, 0) is 14.6 Å². The standard InChI is InChI=1S/C9H18N2O3S/c1-3-8(10)9(12)11-4-5-15(13,14)6-7(11)2/h7-8H,3-6,10H2,1-2H3/t7?,8-/m1/s1. The van der Waals surface area contributed by atoms with Crippen molar-refractivity contribution in [2.75, 3.05) is 18.1 Å². The maximum absolute atomic E-state index is 11.8. The Morgan fingerprint density at radius 2 is 2.20 bits per heavy atom. The summed E-state index contributed by atoms with van der Waals surface area (Å²) in [6.45, 7) is 3.86. The topological polar surface area (TPSA) is 80.5 Å². The van der Waals surface area contributed by atoms with Gasteiger partial charge in [0.2, 0.25) is 5.91 Å². The summed E-state index contributed by atoms with van der Waals surface area (Å²) in [5, 5.41) is 0. The lowest BCUT2D eigenvalue weighted by molar-refractivity contribution is -0.134. The first-order valence-corrected chi connectivity index (χ1v) is 6.96. The van der Waals surface area contributed by atoms with Crippen molar-refractivity contribution < 1.29 is 13.2 Å². The van der Waals surface area contributed by atoms with E-state index in [1.165, 1.54) is 0 Å². The predicted octanol–water partition coefficient (Wildman–Crippen LogP) is -0.631. The molecule has 88 valence electrons. The van der Waals surface area contributed by atoms with E-state index in [9.17, 15) is 13.2 Å². The molecule has 1 amide bonds. The molecule has 0 aromatic heterocycles. The minimum atomic E-state index is -2.97. The molecule has 15 heavy (non-hydrogen) atoms. The lowest BCUT2D eigenvalue weighted by Gasteiger charge is -2.34. The summed E-state index contributed by atoms with van der Waals surface area (Å²) in [4.78, 5) is 13.3. The van der Waals surface area contributed by atoms with Crippen LogP contribution in [0, 0.1) is 0 Å². The van der Waals surface area contributed by atoms with Crippen LogP contribution in [0.2, 0.25) is 0 Å². The first-order chi connectivity index (χ1) is 6.87. The van der Waals surface area contributed by atoms with Gasteiger partial charge in [-0.1, -0.05) is 6.92 Å². The summed E-state index contributed by atoms with van der Waals surface area (Å²) in [6, 6.07) is -0.762. The molecule has 1 saturated heterocycles. The lowest BCUT2D eigenvalue weighted by Crippen LogP contribution is -2.54. The Morgan fingerprint density at radius 1 is 1.60 bits per heavy atom. The first-order valence-electron chi connectivity index (χ1n) is 5.14. The van der Waals surface area contributed by atoms with Crippen LogP contribution in [0.5, 0.6) is 0 Å². The van der Waals surface area contributed by atoms with E-state index in [4.69, 9.17) is 5.73 Å². The van der Waals surface area contributed by atoms with Gasteiger partial charge in [-0.15, -0.1) is 0 Å². The van der Waals surface area contributed by atoms with Gasteiger partial charge >= 0.3 is 0 Å². The zero-order chi connectivity index (χ0) is 11.6. The van der Waals surface area contributed by atoms with E-state index in [-0.39, 0.29) is 30.0 Å². The molecule has 0 saturated carbocycles. The van der Waals surface area contributed by atoms with Crippen molar-refractivity contribution in [1.82, 2.24) is 4.90 Å². The number of carbonyl (C=O) groups is 1. The van der Waals surface area contributed by atoms with Crippen molar-refractivity contribution in [1.29, 1.82) is 0 Å². The van der Waals surface area contributed by atoms with E-state index in [0.29, 0.717) is 6.42 Å². The number of hydrogen-bond donors (Lipinski definition) is 1. The van der Waals surface area contributed by atoms with E-state index in [0.717, 1.165) is 0 Å². The Bertz CT molecular complexity index is 339. The highest BCUT2D eigenvalue weighted by Gasteiger charge is 2.32. The number of nitrogens with two attached hydrogens (primary N) is 1. The maximum atomic E-state index is 11.8. The molecule has 0 bridgehead atoms. The summed E-state index contributed by atoms with van der Waals surface area (Å²) >= 11 is 0. The zero-order valence-corrected chi connectivity index (χ0v) is 9.96. The van der Waals surface area contributed by atoms with Crippen LogP contribution >= 0.6 is 0 Å². The van der Waals surface area contributed by atoms with Gasteiger partial charge in [0.05, 0.1) is 17.5 Å². The van der Waals surface area contributed by atoms with E-state index >= 15 is 0 Å². The molecule has 1 unspecified atom stereocenters. The minimum Gasteiger partial charge on any atom is -0.337 e. The number of amides is 1. The molecule has 1 aliphatic rings. The fraction of sp³-hybridized carbons (Fsp3) is 0.889. The quantitative estimate of drug-likeness (QED) is 0.690. The fourth-order valence-corrected chi connectivity index (χ4v) is 3.27. The molecule has 0 spiro atoms. The second kappa shape index (κ2) is 4.49. The molecule has 0 radical (unpaired) electrons. The molecule has 2 atom stereocenters. The highest BCUT2D eigenvalue weighted by molar-refractivity contribution is 7.91. The molecule has 0 aromatic rings. The van der Waals surface area contributed by atoms with Crippen LogP contribution in [0.25, 0.3) is 0 Å². The number of rotatable bonds is 2. The molecule has 0 aliphatic carbocycles.